The highest BCUT2D eigenvalue weighted by atomic mass is 32.1. The van der Waals surface area contributed by atoms with Crippen LogP contribution in [0, 0.1) is 12.7 Å². The Morgan fingerprint density at radius 3 is 2.91 bits per heavy atom. The molecular weight excluding hydrogens is 307 g/mol. The molecule has 3 aromatic rings. The zero-order valence-corrected chi connectivity index (χ0v) is 12.7. The molecule has 2 N–H and O–H groups in total. The van der Waals surface area contributed by atoms with Crippen LogP contribution in [-0.4, -0.2) is 25.8 Å². The first-order valence-corrected chi connectivity index (χ1v) is 7.32. The first-order chi connectivity index (χ1) is 10.4. The molecule has 1 aromatic carbocycles. The number of carboxylic acids is 1. The number of thiazole rings is 1. The second-order valence-electron chi connectivity index (χ2n) is 4.84. The van der Waals surface area contributed by atoms with Gasteiger partial charge in [-0.1, -0.05) is 0 Å². The number of halogens is 1. The number of aryl methyl sites for hydroxylation is 2. The van der Waals surface area contributed by atoms with Crippen molar-refractivity contribution in [2.45, 2.75) is 13.5 Å². The normalized spacial score (nSPS) is 11.0. The fraction of sp³-hybridized carbons (Fsp3) is 0.214. The van der Waals surface area contributed by atoms with E-state index in [9.17, 15) is 9.18 Å². The van der Waals surface area contributed by atoms with E-state index >= 15 is 0 Å². The van der Waals surface area contributed by atoms with Gasteiger partial charge in [0, 0.05) is 12.7 Å². The molecule has 114 valence electrons. The van der Waals surface area contributed by atoms with Gasteiger partial charge >= 0.3 is 5.97 Å². The number of aromatic carboxylic acids is 1. The Morgan fingerprint density at radius 2 is 2.23 bits per heavy atom. The smallest absolute Gasteiger partial charge is 0.356 e. The van der Waals surface area contributed by atoms with Crippen molar-refractivity contribution in [3.05, 3.63) is 40.4 Å². The molecule has 2 heterocycles. The van der Waals surface area contributed by atoms with Crippen molar-refractivity contribution in [2.24, 2.45) is 7.05 Å². The van der Waals surface area contributed by atoms with Crippen molar-refractivity contribution in [3.8, 4) is 0 Å². The number of anilines is 1. The van der Waals surface area contributed by atoms with Crippen LogP contribution < -0.4 is 5.32 Å². The number of hydrogen-bond donors (Lipinski definition) is 2. The van der Waals surface area contributed by atoms with Crippen LogP contribution in [0.2, 0.25) is 0 Å². The van der Waals surface area contributed by atoms with Gasteiger partial charge in [0.25, 0.3) is 0 Å². The van der Waals surface area contributed by atoms with Gasteiger partial charge in [-0.25, -0.2) is 14.2 Å². The topological polar surface area (TPSA) is 80.0 Å². The largest absolute Gasteiger partial charge is 0.476 e. The predicted molar refractivity (Wildman–Crippen MR) is 81.8 cm³/mol. The Balaban J connectivity index is 1.83. The first kappa shape index (κ1) is 14.5. The number of rotatable bonds is 4. The van der Waals surface area contributed by atoms with Crippen molar-refractivity contribution in [1.82, 2.24) is 14.8 Å². The van der Waals surface area contributed by atoms with Crippen molar-refractivity contribution < 1.29 is 14.3 Å². The van der Waals surface area contributed by atoms with Crippen LogP contribution in [0.25, 0.3) is 10.2 Å². The lowest BCUT2D eigenvalue weighted by Gasteiger charge is -2.07. The molecule has 0 unspecified atom stereocenters. The third-order valence-corrected chi connectivity index (χ3v) is 4.14. The van der Waals surface area contributed by atoms with Gasteiger partial charge in [-0.2, -0.15) is 5.10 Å². The Bertz CT molecular complexity index is 871. The summed E-state index contributed by atoms with van der Waals surface area (Å²) in [5.41, 5.74) is 1.67. The Morgan fingerprint density at radius 1 is 1.45 bits per heavy atom. The molecule has 0 saturated heterocycles. The fourth-order valence-electron chi connectivity index (χ4n) is 2.17. The van der Waals surface area contributed by atoms with Crippen molar-refractivity contribution in [3.63, 3.8) is 0 Å². The number of hydrogen-bond acceptors (Lipinski definition) is 5. The lowest BCUT2D eigenvalue weighted by atomic mass is 10.2. The average Bonchev–Trinajstić information content (AvgIpc) is 2.99. The minimum Gasteiger partial charge on any atom is -0.476 e. The van der Waals surface area contributed by atoms with E-state index in [1.807, 2.05) is 13.0 Å². The van der Waals surface area contributed by atoms with Crippen LogP contribution in [0.4, 0.5) is 10.1 Å². The average molecular weight is 320 g/mol. The maximum Gasteiger partial charge on any atom is 0.356 e. The zero-order chi connectivity index (χ0) is 15.9. The van der Waals surface area contributed by atoms with E-state index in [1.165, 1.54) is 28.2 Å². The number of carboxylic acid groups (broad SMARTS) is 1. The summed E-state index contributed by atoms with van der Waals surface area (Å²) in [7, 11) is 1.67. The molecule has 22 heavy (non-hydrogen) atoms. The van der Waals surface area contributed by atoms with E-state index in [4.69, 9.17) is 5.11 Å². The highest BCUT2D eigenvalue weighted by Gasteiger charge is 2.12. The van der Waals surface area contributed by atoms with Crippen LogP contribution in [0.1, 0.15) is 21.2 Å². The molecule has 0 radical (unpaired) electrons. The van der Waals surface area contributed by atoms with E-state index in [0.717, 1.165) is 9.71 Å². The van der Waals surface area contributed by atoms with Crippen molar-refractivity contribution >= 4 is 33.2 Å². The monoisotopic (exact) mass is 320 g/mol. The molecule has 0 amide bonds. The van der Waals surface area contributed by atoms with E-state index in [2.05, 4.69) is 15.4 Å². The Kier molecular flexibility index (Phi) is 3.53. The third kappa shape index (κ3) is 2.64. The molecule has 0 atom stereocenters. The summed E-state index contributed by atoms with van der Waals surface area (Å²) in [5.74, 6) is -1.45. The molecule has 0 spiro atoms. The van der Waals surface area contributed by atoms with Crippen LogP contribution >= 0.6 is 11.3 Å². The standard InChI is InChI=1S/C14H13FN4O2S/c1-7-17-13-10(15)3-8(4-12(13)22-7)16-6-9-5-11(14(20)21)18-19(9)2/h3-5,16H,6H2,1-2H3,(H,20,21). The second-order valence-corrected chi connectivity index (χ2v) is 6.08. The number of nitrogens with zero attached hydrogens (tertiary/aromatic N) is 3. The highest BCUT2D eigenvalue weighted by molar-refractivity contribution is 7.18. The summed E-state index contributed by atoms with van der Waals surface area (Å²) < 4.78 is 16.2. The van der Waals surface area contributed by atoms with Crippen molar-refractivity contribution in [1.29, 1.82) is 0 Å². The van der Waals surface area contributed by atoms with E-state index < -0.39 is 5.97 Å². The molecule has 6 nitrogen and oxygen atoms in total. The number of carbonyl (C=O) groups is 1. The summed E-state index contributed by atoms with van der Waals surface area (Å²) in [6.07, 6.45) is 0. The van der Waals surface area contributed by atoms with Crippen LogP contribution in [-0.2, 0) is 13.6 Å². The molecule has 8 heteroatoms. The predicted octanol–water partition coefficient (Wildman–Crippen LogP) is 2.79. The van der Waals surface area contributed by atoms with Gasteiger partial charge < -0.3 is 10.4 Å². The summed E-state index contributed by atoms with van der Waals surface area (Å²) in [5, 5.41) is 16.7. The minimum atomic E-state index is -1.07. The van der Waals surface area contributed by atoms with Gasteiger partial charge in [0.15, 0.2) is 11.5 Å². The second kappa shape index (κ2) is 5.38. The van der Waals surface area contributed by atoms with Gasteiger partial charge in [-0.15, -0.1) is 11.3 Å². The number of nitrogens with one attached hydrogen (secondary N) is 1. The first-order valence-electron chi connectivity index (χ1n) is 6.51. The molecule has 0 aliphatic heterocycles. The minimum absolute atomic E-state index is 0.0148. The third-order valence-electron chi connectivity index (χ3n) is 3.22. The van der Waals surface area contributed by atoms with Crippen LogP contribution in [0.3, 0.4) is 0 Å². The summed E-state index contributed by atoms with van der Waals surface area (Å²) in [4.78, 5) is 15.0. The van der Waals surface area contributed by atoms with Gasteiger partial charge in [0.1, 0.15) is 5.52 Å². The fourth-order valence-corrected chi connectivity index (χ4v) is 3.05. The van der Waals surface area contributed by atoms with Gasteiger partial charge in [0.05, 0.1) is 21.9 Å². The highest BCUT2D eigenvalue weighted by Crippen LogP contribution is 2.27. The molecule has 0 saturated carbocycles. The summed E-state index contributed by atoms with van der Waals surface area (Å²) >= 11 is 1.43. The van der Waals surface area contributed by atoms with Gasteiger partial charge in [-0.05, 0) is 25.1 Å². The number of benzene rings is 1. The molecule has 0 fully saturated rings. The quantitative estimate of drug-likeness (QED) is 0.772. The van der Waals surface area contributed by atoms with E-state index in [0.29, 0.717) is 23.4 Å². The maximum atomic E-state index is 14.0. The summed E-state index contributed by atoms with van der Waals surface area (Å²) in [6.45, 7) is 2.18. The Labute approximate surface area is 129 Å². The van der Waals surface area contributed by atoms with Gasteiger partial charge in [0.2, 0.25) is 0 Å². The van der Waals surface area contributed by atoms with Crippen LogP contribution in [0.15, 0.2) is 18.2 Å². The molecule has 0 aliphatic carbocycles. The van der Waals surface area contributed by atoms with Crippen LogP contribution in [0.5, 0.6) is 0 Å². The van der Waals surface area contributed by atoms with E-state index in [-0.39, 0.29) is 11.5 Å². The lowest BCUT2D eigenvalue weighted by molar-refractivity contribution is 0.0689. The molecular formula is C14H13FN4O2S. The summed E-state index contributed by atoms with van der Waals surface area (Å²) in [6, 6.07) is 4.70. The molecule has 0 bridgehead atoms. The van der Waals surface area contributed by atoms with Crippen molar-refractivity contribution in [2.75, 3.05) is 5.32 Å². The Hall–Kier alpha value is -2.48. The number of aromatic nitrogens is 3. The van der Waals surface area contributed by atoms with Gasteiger partial charge in [-0.3, -0.25) is 4.68 Å². The van der Waals surface area contributed by atoms with E-state index in [1.54, 1.807) is 7.05 Å². The lowest BCUT2D eigenvalue weighted by Crippen LogP contribution is -2.05. The molecule has 3 rings (SSSR count). The number of fused-ring (bicyclic) bond motifs is 1. The molecule has 2 aromatic heterocycles. The zero-order valence-electron chi connectivity index (χ0n) is 11.9. The SMILES string of the molecule is Cc1nc2c(F)cc(NCc3cc(C(=O)O)nn3C)cc2s1. The maximum absolute atomic E-state index is 14.0. The molecule has 0 aliphatic rings.